The summed E-state index contributed by atoms with van der Waals surface area (Å²) in [6, 6.07) is 5.67. The monoisotopic (exact) mass is 334 g/mol. The summed E-state index contributed by atoms with van der Waals surface area (Å²) in [6.45, 7) is 2.72. The molecule has 1 aromatic carbocycles. The second kappa shape index (κ2) is 6.68. The summed E-state index contributed by atoms with van der Waals surface area (Å²) in [4.78, 5) is 14.1. The van der Waals surface area contributed by atoms with Crippen molar-refractivity contribution in [2.24, 2.45) is 0 Å². The zero-order valence-electron chi connectivity index (χ0n) is 12.8. The highest BCUT2D eigenvalue weighted by Gasteiger charge is 2.35. The van der Waals surface area contributed by atoms with Crippen LogP contribution in [0.15, 0.2) is 35.0 Å². The standard InChI is InChI=1S/C17H19FN2O2S/c1-11-9-23-10-13(11)7-19-17(22)20-8-15(21)6-16(20)12-3-2-4-14(18)5-12/h2-5,9-10,15-16,21H,6-8H2,1H3,(H,19,22)/t15-,16+/m0/s1. The molecule has 0 spiro atoms. The van der Waals surface area contributed by atoms with Crippen molar-refractivity contribution in [2.75, 3.05) is 6.54 Å². The van der Waals surface area contributed by atoms with Gasteiger partial charge >= 0.3 is 6.03 Å². The van der Waals surface area contributed by atoms with E-state index in [1.54, 1.807) is 28.4 Å². The van der Waals surface area contributed by atoms with Crippen molar-refractivity contribution in [1.82, 2.24) is 10.2 Å². The van der Waals surface area contributed by atoms with Gasteiger partial charge in [-0.25, -0.2) is 9.18 Å². The SMILES string of the molecule is Cc1cscc1CNC(=O)N1C[C@@H](O)C[C@@H]1c1cccc(F)c1. The molecule has 23 heavy (non-hydrogen) atoms. The summed E-state index contributed by atoms with van der Waals surface area (Å²) in [5, 5.41) is 16.9. The van der Waals surface area contributed by atoms with E-state index in [0.717, 1.165) is 11.1 Å². The Bertz CT molecular complexity index is 703. The van der Waals surface area contributed by atoms with E-state index in [-0.39, 0.29) is 24.4 Å². The number of aliphatic hydroxyl groups is 1. The number of amides is 2. The Morgan fingerprint density at radius 3 is 3.00 bits per heavy atom. The quantitative estimate of drug-likeness (QED) is 0.905. The average molecular weight is 334 g/mol. The van der Waals surface area contributed by atoms with E-state index in [9.17, 15) is 14.3 Å². The Morgan fingerprint density at radius 2 is 2.30 bits per heavy atom. The van der Waals surface area contributed by atoms with Gasteiger partial charge in [-0.1, -0.05) is 12.1 Å². The third-order valence-electron chi connectivity index (χ3n) is 4.17. The lowest BCUT2D eigenvalue weighted by molar-refractivity contribution is 0.169. The van der Waals surface area contributed by atoms with Crippen LogP contribution in [0, 0.1) is 12.7 Å². The fourth-order valence-corrected chi connectivity index (χ4v) is 3.77. The van der Waals surface area contributed by atoms with E-state index in [4.69, 9.17) is 0 Å². The molecule has 1 fully saturated rings. The largest absolute Gasteiger partial charge is 0.391 e. The molecule has 0 unspecified atom stereocenters. The van der Waals surface area contributed by atoms with Crippen molar-refractivity contribution in [3.63, 3.8) is 0 Å². The molecule has 1 aliphatic heterocycles. The number of aliphatic hydroxyl groups excluding tert-OH is 1. The molecule has 0 saturated carbocycles. The fraction of sp³-hybridized carbons (Fsp3) is 0.353. The maximum atomic E-state index is 13.4. The Kier molecular flexibility index (Phi) is 4.63. The first-order chi connectivity index (χ1) is 11.0. The lowest BCUT2D eigenvalue weighted by Gasteiger charge is -2.25. The highest BCUT2D eigenvalue weighted by atomic mass is 32.1. The van der Waals surface area contributed by atoms with Gasteiger partial charge in [-0.2, -0.15) is 11.3 Å². The van der Waals surface area contributed by atoms with Gasteiger partial charge in [0.25, 0.3) is 0 Å². The van der Waals surface area contributed by atoms with Gasteiger partial charge in [-0.05, 0) is 52.9 Å². The molecular formula is C17H19FN2O2S. The summed E-state index contributed by atoms with van der Waals surface area (Å²) in [5.41, 5.74) is 2.95. The Morgan fingerprint density at radius 1 is 1.48 bits per heavy atom. The molecule has 4 nitrogen and oxygen atoms in total. The second-order valence-corrected chi connectivity index (χ2v) is 6.60. The molecule has 1 aromatic heterocycles. The van der Waals surface area contributed by atoms with E-state index in [0.29, 0.717) is 18.5 Å². The Balaban J connectivity index is 1.71. The molecule has 0 bridgehead atoms. The summed E-state index contributed by atoms with van der Waals surface area (Å²) in [7, 11) is 0. The predicted octanol–water partition coefficient (Wildman–Crippen LogP) is 3.21. The van der Waals surface area contributed by atoms with Gasteiger partial charge in [0.05, 0.1) is 12.1 Å². The van der Waals surface area contributed by atoms with Crippen LogP contribution in [0.5, 0.6) is 0 Å². The van der Waals surface area contributed by atoms with Crippen molar-refractivity contribution in [1.29, 1.82) is 0 Å². The number of nitrogens with one attached hydrogen (secondary N) is 1. The maximum absolute atomic E-state index is 13.4. The van der Waals surface area contributed by atoms with Crippen molar-refractivity contribution < 1.29 is 14.3 Å². The predicted molar refractivity (Wildman–Crippen MR) is 87.8 cm³/mol. The minimum atomic E-state index is -0.586. The molecule has 0 aliphatic carbocycles. The third-order valence-corrected chi connectivity index (χ3v) is 5.08. The molecule has 2 N–H and O–H groups in total. The number of β-amino-alcohol motifs (C(OH)–C–C–N with tert-alkyl or cyclic N) is 1. The number of hydrogen-bond acceptors (Lipinski definition) is 3. The zero-order valence-corrected chi connectivity index (χ0v) is 13.6. The van der Waals surface area contributed by atoms with Gasteiger partial charge in [0, 0.05) is 13.1 Å². The van der Waals surface area contributed by atoms with E-state index in [1.165, 1.54) is 12.1 Å². The number of carbonyl (C=O) groups is 1. The van der Waals surface area contributed by atoms with Crippen molar-refractivity contribution >= 4 is 17.4 Å². The van der Waals surface area contributed by atoms with Crippen LogP contribution in [0.25, 0.3) is 0 Å². The van der Waals surface area contributed by atoms with Gasteiger partial charge in [0.1, 0.15) is 5.82 Å². The number of benzene rings is 1. The summed E-state index contributed by atoms with van der Waals surface area (Å²) in [5.74, 6) is -0.335. The molecule has 6 heteroatoms. The van der Waals surface area contributed by atoms with Gasteiger partial charge < -0.3 is 15.3 Å². The van der Waals surface area contributed by atoms with E-state index in [2.05, 4.69) is 5.32 Å². The maximum Gasteiger partial charge on any atom is 0.318 e. The number of hydrogen-bond donors (Lipinski definition) is 2. The number of urea groups is 1. The summed E-state index contributed by atoms with van der Waals surface area (Å²) < 4.78 is 13.4. The lowest BCUT2D eigenvalue weighted by Crippen LogP contribution is -2.39. The van der Waals surface area contributed by atoms with Crippen LogP contribution in [0.4, 0.5) is 9.18 Å². The van der Waals surface area contributed by atoms with Crippen molar-refractivity contribution in [3.8, 4) is 0 Å². The molecule has 2 atom stereocenters. The zero-order chi connectivity index (χ0) is 16.4. The normalized spacial score (nSPS) is 20.7. The number of carbonyl (C=O) groups excluding carboxylic acids is 1. The number of rotatable bonds is 3. The van der Waals surface area contributed by atoms with Crippen LogP contribution in [0.3, 0.4) is 0 Å². The van der Waals surface area contributed by atoms with Crippen LogP contribution >= 0.6 is 11.3 Å². The molecule has 3 rings (SSSR count). The fourth-order valence-electron chi connectivity index (χ4n) is 2.91. The number of nitrogens with zero attached hydrogens (tertiary/aromatic N) is 1. The first-order valence-electron chi connectivity index (χ1n) is 7.54. The van der Waals surface area contributed by atoms with Gasteiger partial charge in [-0.15, -0.1) is 0 Å². The van der Waals surface area contributed by atoms with Gasteiger partial charge in [-0.3, -0.25) is 0 Å². The minimum absolute atomic E-state index is 0.235. The van der Waals surface area contributed by atoms with E-state index < -0.39 is 6.10 Å². The van der Waals surface area contributed by atoms with Crippen LogP contribution < -0.4 is 5.32 Å². The molecule has 2 amide bonds. The topological polar surface area (TPSA) is 52.6 Å². The van der Waals surface area contributed by atoms with Gasteiger partial charge in [0.15, 0.2) is 0 Å². The molecule has 2 aromatic rings. The molecule has 122 valence electrons. The Labute approximate surface area is 138 Å². The summed E-state index contributed by atoms with van der Waals surface area (Å²) in [6.07, 6.45) is -0.161. The van der Waals surface area contributed by atoms with Crippen molar-refractivity contribution in [2.45, 2.75) is 32.0 Å². The highest BCUT2D eigenvalue weighted by Crippen LogP contribution is 2.32. The van der Waals surface area contributed by atoms with Crippen LogP contribution in [0.1, 0.15) is 29.2 Å². The molecule has 2 heterocycles. The van der Waals surface area contributed by atoms with Crippen LogP contribution in [-0.4, -0.2) is 28.7 Å². The van der Waals surface area contributed by atoms with Crippen LogP contribution in [-0.2, 0) is 6.54 Å². The first kappa shape index (κ1) is 16.0. The van der Waals surface area contributed by atoms with E-state index in [1.807, 2.05) is 17.7 Å². The average Bonchev–Trinajstić information content (AvgIpc) is 3.11. The summed E-state index contributed by atoms with van der Waals surface area (Å²) >= 11 is 1.60. The van der Waals surface area contributed by atoms with Gasteiger partial charge in [0.2, 0.25) is 0 Å². The minimum Gasteiger partial charge on any atom is -0.391 e. The number of thiophene rings is 1. The van der Waals surface area contributed by atoms with Crippen molar-refractivity contribution in [3.05, 3.63) is 57.5 Å². The molecule has 1 aliphatic rings. The first-order valence-corrected chi connectivity index (χ1v) is 8.48. The number of aryl methyl sites for hydroxylation is 1. The lowest BCUT2D eigenvalue weighted by atomic mass is 10.0. The highest BCUT2D eigenvalue weighted by molar-refractivity contribution is 7.08. The van der Waals surface area contributed by atoms with E-state index >= 15 is 0 Å². The molecule has 0 radical (unpaired) electrons. The third kappa shape index (κ3) is 3.54. The molecule has 1 saturated heterocycles. The second-order valence-electron chi connectivity index (χ2n) is 5.85. The number of halogens is 1. The Hall–Kier alpha value is -1.92. The number of likely N-dealkylation sites (tertiary alicyclic amines) is 1. The van der Waals surface area contributed by atoms with Crippen LogP contribution in [0.2, 0.25) is 0 Å². The smallest absolute Gasteiger partial charge is 0.318 e. The molecular weight excluding hydrogens is 315 g/mol.